The molecule has 0 bridgehead atoms. The Balaban J connectivity index is 2.59. The van der Waals surface area contributed by atoms with Gasteiger partial charge in [-0.05, 0) is 29.0 Å². The molecule has 0 saturated carbocycles. The quantitative estimate of drug-likeness (QED) is 0.750. The molecule has 6 heteroatoms. The van der Waals surface area contributed by atoms with Gasteiger partial charge in [0.1, 0.15) is 0 Å². The highest BCUT2D eigenvalue weighted by Gasteiger charge is 2.12. The molecule has 0 aliphatic carbocycles. The van der Waals surface area contributed by atoms with E-state index in [0.717, 1.165) is 11.3 Å². The van der Waals surface area contributed by atoms with E-state index in [1.165, 1.54) is 4.68 Å². The number of hydrogen-bond donors (Lipinski definition) is 0. The van der Waals surface area contributed by atoms with E-state index in [9.17, 15) is 4.21 Å². The fourth-order valence-electron chi connectivity index (χ4n) is 1.31. The maximum Gasteiger partial charge on any atom is 0.244 e. The van der Waals surface area contributed by atoms with E-state index in [1.54, 1.807) is 6.26 Å². The molecule has 15 heavy (non-hydrogen) atoms. The van der Waals surface area contributed by atoms with Crippen molar-refractivity contribution in [3.63, 3.8) is 0 Å². The number of para-hydroxylation sites is 1. The second-order valence-corrected chi connectivity index (χ2v) is 4.39. The molecule has 0 saturated heterocycles. The van der Waals surface area contributed by atoms with Crippen LogP contribution in [0.15, 0.2) is 29.4 Å². The molecule has 0 aliphatic rings. The van der Waals surface area contributed by atoms with E-state index in [0.29, 0.717) is 5.16 Å². The molecule has 0 amide bonds. The van der Waals surface area contributed by atoms with E-state index in [2.05, 4.69) is 15.5 Å². The van der Waals surface area contributed by atoms with Crippen LogP contribution >= 0.6 is 0 Å². The molecule has 1 aromatic carbocycles. The van der Waals surface area contributed by atoms with Crippen molar-refractivity contribution in [3.8, 4) is 5.69 Å². The minimum absolute atomic E-state index is 0.365. The number of aromatic nitrogens is 4. The van der Waals surface area contributed by atoms with E-state index in [1.807, 2.05) is 31.2 Å². The van der Waals surface area contributed by atoms with Crippen molar-refractivity contribution < 1.29 is 4.21 Å². The number of tetrazole rings is 1. The Kier molecular flexibility index (Phi) is 2.59. The highest BCUT2D eigenvalue weighted by Crippen LogP contribution is 2.14. The maximum absolute atomic E-state index is 11.4. The maximum atomic E-state index is 11.4. The predicted molar refractivity (Wildman–Crippen MR) is 56.2 cm³/mol. The summed E-state index contributed by atoms with van der Waals surface area (Å²) in [4.78, 5) is 0. The summed E-state index contributed by atoms with van der Waals surface area (Å²) < 4.78 is 12.9. The summed E-state index contributed by atoms with van der Waals surface area (Å²) in [5, 5.41) is 11.5. The Morgan fingerprint density at radius 3 is 2.73 bits per heavy atom. The lowest BCUT2D eigenvalue weighted by Crippen LogP contribution is -2.05. The number of hydrogen-bond acceptors (Lipinski definition) is 4. The standard InChI is InChI=1S/C9H10N4OS/c1-7-5-3-4-6-8(7)13-9(15(2)14)10-11-12-13/h3-6H,1-2H3. The first kappa shape index (κ1) is 9.97. The Morgan fingerprint density at radius 2 is 2.07 bits per heavy atom. The lowest BCUT2D eigenvalue weighted by Gasteiger charge is -2.05. The van der Waals surface area contributed by atoms with Gasteiger partial charge in [-0.3, -0.25) is 4.21 Å². The zero-order chi connectivity index (χ0) is 10.8. The van der Waals surface area contributed by atoms with Gasteiger partial charge < -0.3 is 0 Å². The van der Waals surface area contributed by atoms with Gasteiger partial charge in [0.15, 0.2) is 0 Å². The van der Waals surface area contributed by atoms with E-state index in [4.69, 9.17) is 0 Å². The minimum Gasteiger partial charge on any atom is -0.251 e. The van der Waals surface area contributed by atoms with Gasteiger partial charge in [0, 0.05) is 6.26 Å². The monoisotopic (exact) mass is 222 g/mol. The predicted octanol–water partition coefficient (Wildman–Crippen LogP) is 0.708. The first-order valence-electron chi connectivity index (χ1n) is 4.38. The third-order valence-electron chi connectivity index (χ3n) is 2.04. The van der Waals surface area contributed by atoms with Crippen molar-refractivity contribution in [2.45, 2.75) is 12.1 Å². The highest BCUT2D eigenvalue weighted by atomic mass is 32.2. The molecule has 0 radical (unpaired) electrons. The number of benzene rings is 1. The first-order chi connectivity index (χ1) is 7.20. The zero-order valence-electron chi connectivity index (χ0n) is 8.41. The zero-order valence-corrected chi connectivity index (χ0v) is 9.23. The number of rotatable bonds is 2. The molecule has 0 fully saturated rings. The van der Waals surface area contributed by atoms with Crippen LogP contribution in [0.1, 0.15) is 5.56 Å². The van der Waals surface area contributed by atoms with E-state index < -0.39 is 10.8 Å². The van der Waals surface area contributed by atoms with Crippen molar-refractivity contribution in [2.75, 3.05) is 6.26 Å². The molecule has 0 N–H and O–H groups in total. The van der Waals surface area contributed by atoms with Crippen LogP contribution in [0.4, 0.5) is 0 Å². The number of aryl methyl sites for hydroxylation is 1. The van der Waals surface area contributed by atoms with E-state index in [-0.39, 0.29) is 0 Å². The third kappa shape index (κ3) is 1.80. The number of nitrogens with zero attached hydrogens (tertiary/aromatic N) is 4. The van der Waals surface area contributed by atoms with Crippen molar-refractivity contribution in [2.24, 2.45) is 0 Å². The summed E-state index contributed by atoms with van der Waals surface area (Å²) in [5.41, 5.74) is 1.89. The van der Waals surface area contributed by atoms with Gasteiger partial charge in [-0.1, -0.05) is 23.3 Å². The molecule has 1 atom stereocenters. The summed E-state index contributed by atoms with van der Waals surface area (Å²) in [6.07, 6.45) is 1.56. The first-order valence-corrected chi connectivity index (χ1v) is 5.94. The minimum atomic E-state index is -1.19. The van der Waals surface area contributed by atoms with Crippen molar-refractivity contribution >= 4 is 10.8 Å². The molecular formula is C9H10N4OS. The van der Waals surface area contributed by atoms with Crippen LogP contribution in [0.5, 0.6) is 0 Å². The van der Waals surface area contributed by atoms with Gasteiger partial charge in [0.05, 0.1) is 16.5 Å². The summed E-state index contributed by atoms with van der Waals surface area (Å²) in [5.74, 6) is 0. The molecule has 1 aromatic heterocycles. The lowest BCUT2D eigenvalue weighted by atomic mass is 10.2. The molecular weight excluding hydrogens is 212 g/mol. The van der Waals surface area contributed by atoms with Crippen molar-refractivity contribution in [1.82, 2.24) is 20.2 Å². The fraction of sp³-hybridized carbons (Fsp3) is 0.222. The summed E-state index contributed by atoms with van der Waals surface area (Å²) in [7, 11) is -1.19. The molecule has 0 spiro atoms. The van der Waals surface area contributed by atoms with Crippen LogP contribution < -0.4 is 0 Å². The highest BCUT2D eigenvalue weighted by molar-refractivity contribution is 7.84. The van der Waals surface area contributed by atoms with Gasteiger partial charge in [-0.15, -0.1) is 0 Å². The molecule has 1 heterocycles. The Morgan fingerprint density at radius 1 is 1.33 bits per heavy atom. The largest absolute Gasteiger partial charge is 0.251 e. The van der Waals surface area contributed by atoms with Crippen molar-refractivity contribution in [1.29, 1.82) is 0 Å². The smallest absolute Gasteiger partial charge is 0.244 e. The van der Waals surface area contributed by atoms with Crippen molar-refractivity contribution in [3.05, 3.63) is 29.8 Å². The second-order valence-electron chi connectivity index (χ2n) is 3.11. The van der Waals surface area contributed by atoms with Crippen LogP contribution in [-0.2, 0) is 10.8 Å². The Hall–Kier alpha value is -1.56. The van der Waals surface area contributed by atoms with Gasteiger partial charge in [-0.2, -0.15) is 4.68 Å². The average molecular weight is 222 g/mol. The third-order valence-corrected chi connectivity index (χ3v) is 2.81. The topological polar surface area (TPSA) is 60.7 Å². The van der Waals surface area contributed by atoms with Crippen LogP contribution in [0.3, 0.4) is 0 Å². The van der Waals surface area contributed by atoms with Gasteiger partial charge in [0.25, 0.3) is 0 Å². The average Bonchev–Trinajstić information content (AvgIpc) is 2.67. The van der Waals surface area contributed by atoms with Crippen LogP contribution in [0, 0.1) is 6.92 Å². The molecule has 0 aliphatic heterocycles. The normalized spacial score (nSPS) is 12.7. The van der Waals surface area contributed by atoms with Gasteiger partial charge in [0.2, 0.25) is 5.16 Å². The molecule has 5 nitrogen and oxygen atoms in total. The molecule has 1 unspecified atom stereocenters. The van der Waals surface area contributed by atoms with Gasteiger partial charge >= 0.3 is 0 Å². The molecule has 2 aromatic rings. The Labute approximate surface area is 89.6 Å². The van der Waals surface area contributed by atoms with Crippen LogP contribution in [0.25, 0.3) is 5.69 Å². The van der Waals surface area contributed by atoms with Crippen LogP contribution in [0.2, 0.25) is 0 Å². The fourth-order valence-corrected chi connectivity index (χ4v) is 1.84. The molecule has 2 rings (SSSR count). The lowest BCUT2D eigenvalue weighted by molar-refractivity contribution is 0.670. The summed E-state index contributed by atoms with van der Waals surface area (Å²) in [6, 6.07) is 7.68. The van der Waals surface area contributed by atoms with E-state index >= 15 is 0 Å². The summed E-state index contributed by atoms with van der Waals surface area (Å²) >= 11 is 0. The summed E-state index contributed by atoms with van der Waals surface area (Å²) in [6.45, 7) is 1.96. The van der Waals surface area contributed by atoms with Crippen LogP contribution in [-0.4, -0.2) is 30.7 Å². The SMILES string of the molecule is Cc1ccccc1-n1nnnc1S(C)=O. The Bertz CT molecular complexity index is 508. The van der Waals surface area contributed by atoms with Gasteiger partial charge in [-0.25, -0.2) is 0 Å². The second kappa shape index (κ2) is 3.90. The molecule has 78 valence electrons.